The van der Waals surface area contributed by atoms with Gasteiger partial charge in [0.1, 0.15) is 0 Å². The average Bonchev–Trinajstić information content (AvgIpc) is 2.43. The number of hydrogen-bond donors (Lipinski definition) is 2. The zero-order valence-electron chi connectivity index (χ0n) is 11.1. The van der Waals surface area contributed by atoms with Crippen LogP contribution >= 0.6 is 11.6 Å². The number of halogens is 1. The lowest BCUT2D eigenvalue weighted by molar-refractivity contribution is 0.102. The van der Waals surface area contributed by atoms with Gasteiger partial charge >= 0.3 is 0 Å². The zero-order chi connectivity index (χ0) is 14.7. The van der Waals surface area contributed by atoms with Gasteiger partial charge in [-0.05, 0) is 36.8 Å². The molecule has 0 saturated heterocycles. The van der Waals surface area contributed by atoms with Gasteiger partial charge in [0, 0.05) is 10.7 Å². The summed E-state index contributed by atoms with van der Waals surface area (Å²) in [7, 11) is 1.43. The first-order valence-electron chi connectivity index (χ1n) is 5.96. The van der Waals surface area contributed by atoms with E-state index in [1.165, 1.54) is 13.2 Å². The normalized spacial score (nSPS) is 10.2. The molecule has 2 N–H and O–H groups in total. The van der Waals surface area contributed by atoms with E-state index in [1.54, 1.807) is 24.3 Å². The Balaban J connectivity index is 2.31. The number of amides is 1. The number of nitrogens with one attached hydrogen (secondary N) is 1. The number of aromatic hydroxyl groups is 1. The number of hydrogen-bond acceptors (Lipinski definition) is 3. The van der Waals surface area contributed by atoms with Crippen molar-refractivity contribution in [1.82, 2.24) is 0 Å². The predicted octanol–water partition coefficient (Wildman–Crippen LogP) is 3.61. The van der Waals surface area contributed by atoms with E-state index in [0.717, 1.165) is 5.56 Å². The molecule has 2 aromatic rings. The van der Waals surface area contributed by atoms with Crippen molar-refractivity contribution in [2.75, 3.05) is 12.4 Å². The number of methoxy groups -OCH3 is 1. The largest absolute Gasteiger partial charge is 0.504 e. The van der Waals surface area contributed by atoms with Crippen molar-refractivity contribution in [3.05, 3.63) is 52.5 Å². The van der Waals surface area contributed by atoms with Crippen molar-refractivity contribution in [1.29, 1.82) is 0 Å². The van der Waals surface area contributed by atoms with E-state index in [-0.39, 0.29) is 17.1 Å². The fraction of sp³-hybridized carbons (Fsp3) is 0.133. The van der Waals surface area contributed by atoms with E-state index in [1.807, 2.05) is 13.0 Å². The molecule has 0 bridgehead atoms. The molecule has 4 nitrogen and oxygen atoms in total. The summed E-state index contributed by atoms with van der Waals surface area (Å²) in [6.45, 7) is 1.86. The molecule has 2 rings (SSSR count). The van der Waals surface area contributed by atoms with Crippen molar-refractivity contribution in [3.8, 4) is 11.5 Å². The second-order valence-electron chi connectivity index (χ2n) is 4.27. The summed E-state index contributed by atoms with van der Waals surface area (Å²) in [5.41, 5.74) is 1.62. The van der Waals surface area contributed by atoms with Crippen LogP contribution in [0, 0.1) is 6.92 Å². The Bertz CT molecular complexity index is 656. The predicted molar refractivity (Wildman–Crippen MR) is 78.8 cm³/mol. The van der Waals surface area contributed by atoms with Gasteiger partial charge in [-0.15, -0.1) is 0 Å². The minimum Gasteiger partial charge on any atom is -0.504 e. The van der Waals surface area contributed by atoms with Gasteiger partial charge in [-0.2, -0.15) is 0 Å². The number of para-hydroxylation sites is 1. The fourth-order valence-corrected chi connectivity index (χ4v) is 1.96. The Hall–Kier alpha value is -2.20. The van der Waals surface area contributed by atoms with Crippen molar-refractivity contribution in [2.24, 2.45) is 0 Å². The SMILES string of the molecule is COc1cccc(C(=O)Nc2cc(Cl)ccc2C)c1O. The summed E-state index contributed by atoms with van der Waals surface area (Å²) in [4.78, 5) is 12.2. The second-order valence-corrected chi connectivity index (χ2v) is 4.71. The summed E-state index contributed by atoms with van der Waals surface area (Å²) in [6, 6.07) is 9.95. The van der Waals surface area contributed by atoms with Gasteiger partial charge in [-0.3, -0.25) is 4.79 Å². The number of phenols is 1. The first kappa shape index (κ1) is 14.2. The van der Waals surface area contributed by atoms with Gasteiger partial charge in [-0.1, -0.05) is 23.7 Å². The topological polar surface area (TPSA) is 58.6 Å². The molecule has 0 heterocycles. The molecule has 1 amide bonds. The highest BCUT2D eigenvalue weighted by molar-refractivity contribution is 6.31. The highest BCUT2D eigenvalue weighted by Gasteiger charge is 2.15. The molecule has 0 atom stereocenters. The average molecular weight is 292 g/mol. The lowest BCUT2D eigenvalue weighted by Gasteiger charge is -2.11. The number of ether oxygens (including phenoxy) is 1. The van der Waals surface area contributed by atoms with Crippen LogP contribution in [0.4, 0.5) is 5.69 Å². The number of phenolic OH excluding ortho intramolecular Hbond substituents is 1. The van der Waals surface area contributed by atoms with Crippen LogP contribution in [0.2, 0.25) is 5.02 Å². The molecule has 0 saturated carbocycles. The fourth-order valence-electron chi connectivity index (χ4n) is 1.79. The molecule has 0 fully saturated rings. The van der Waals surface area contributed by atoms with Crippen LogP contribution in [-0.2, 0) is 0 Å². The number of rotatable bonds is 3. The van der Waals surface area contributed by atoms with Gasteiger partial charge in [0.25, 0.3) is 5.91 Å². The summed E-state index contributed by atoms with van der Waals surface area (Å²) in [5, 5.41) is 13.2. The Morgan fingerprint density at radius 3 is 2.75 bits per heavy atom. The molecule has 0 aliphatic rings. The molecule has 104 valence electrons. The molecule has 0 aromatic heterocycles. The van der Waals surface area contributed by atoms with Crippen molar-refractivity contribution >= 4 is 23.2 Å². The maximum atomic E-state index is 12.2. The highest BCUT2D eigenvalue weighted by Crippen LogP contribution is 2.30. The minimum absolute atomic E-state index is 0.142. The molecule has 0 radical (unpaired) electrons. The van der Waals surface area contributed by atoms with Crippen LogP contribution in [0.25, 0.3) is 0 Å². The van der Waals surface area contributed by atoms with Gasteiger partial charge < -0.3 is 15.2 Å². The number of benzene rings is 2. The zero-order valence-corrected chi connectivity index (χ0v) is 11.9. The quantitative estimate of drug-likeness (QED) is 0.908. The molecular formula is C15H14ClNO3. The smallest absolute Gasteiger partial charge is 0.259 e. The van der Waals surface area contributed by atoms with Crippen molar-refractivity contribution < 1.29 is 14.6 Å². The van der Waals surface area contributed by atoms with E-state index in [2.05, 4.69) is 5.32 Å². The third-order valence-electron chi connectivity index (χ3n) is 2.91. The first-order chi connectivity index (χ1) is 9.52. The summed E-state index contributed by atoms with van der Waals surface area (Å²) in [5.74, 6) is -0.362. The monoisotopic (exact) mass is 291 g/mol. The maximum absolute atomic E-state index is 12.2. The van der Waals surface area contributed by atoms with Crippen molar-refractivity contribution in [2.45, 2.75) is 6.92 Å². The van der Waals surface area contributed by atoms with Crippen LogP contribution in [-0.4, -0.2) is 18.1 Å². The van der Waals surface area contributed by atoms with Gasteiger partial charge in [-0.25, -0.2) is 0 Å². The molecule has 0 aliphatic heterocycles. The standard InChI is InChI=1S/C15H14ClNO3/c1-9-6-7-10(16)8-12(9)17-15(19)11-4-3-5-13(20-2)14(11)18/h3-8,18H,1-2H3,(H,17,19). The molecule has 0 spiro atoms. The first-order valence-corrected chi connectivity index (χ1v) is 6.34. The number of carbonyl (C=O) groups excluding carboxylic acids is 1. The summed E-state index contributed by atoms with van der Waals surface area (Å²) < 4.78 is 4.98. The van der Waals surface area contributed by atoms with Crippen LogP contribution in [0.5, 0.6) is 11.5 Å². The molecule has 2 aromatic carbocycles. The summed E-state index contributed by atoms with van der Waals surface area (Å²) in [6.07, 6.45) is 0. The van der Waals surface area contributed by atoms with E-state index < -0.39 is 5.91 Å². The lowest BCUT2D eigenvalue weighted by atomic mass is 10.1. The van der Waals surface area contributed by atoms with Crippen LogP contribution in [0.1, 0.15) is 15.9 Å². The van der Waals surface area contributed by atoms with E-state index >= 15 is 0 Å². The van der Waals surface area contributed by atoms with Crippen LogP contribution in [0.3, 0.4) is 0 Å². The maximum Gasteiger partial charge on any atom is 0.259 e. The van der Waals surface area contributed by atoms with Crippen LogP contribution in [0.15, 0.2) is 36.4 Å². The van der Waals surface area contributed by atoms with Crippen LogP contribution < -0.4 is 10.1 Å². The Morgan fingerprint density at radius 1 is 1.30 bits per heavy atom. The third kappa shape index (κ3) is 2.86. The Labute approximate surface area is 122 Å². The summed E-state index contributed by atoms with van der Waals surface area (Å²) >= 11 is 5.90. The van der Waals surface area contributed by atoms with E-state index in [9.17, 15) is 9.90 Å². The van der Waals surface area contributed by atoms with Gasteiger partial charge in [0.15, 0.2) is 11.5 Å². The highest BCUT2D eigenvalue weighted by atomic mass is 35.5. The van der Waals surface area contributed by atoms with E-state index in [0.29, 0.717) is 10.7 Å². The molecular weight excluding hydrogens is 278 g/mol. The lowest BCUT2D eigenvalue weighted by Crippen LogP contribution is -2.13. The number of anilines is 1. The molecule has 0 aliphatic carbocycles. The van der Waals surface area contributed by atoms with Gasteiger partial charge in [0.2, 0.25) is 0 Å². The minimum atomic E-state index is -0.424. The molecule has 5 heteroatoms. The number of aryl methyl sites for hydroxylation is 1. The third-order valence-corrected chi connectivity index (χ3v) is 3.15. The molecule has 0 unspecified atom stereocenters. The Morgan fingerprint density at radius 2 is 2.05 bits per heavy atom. The van der Waals surface area contributed by atoms with Gasteiger partial charge in [0.05, 0.1) is 12.7 Å². The number of carbonyl (C=O) groups is 1. The second kappa shape index (κ2) is 5.84. The molecule has 20 heavy (non-hydrogen) atoms. The van der Waals surface area contributed by atoms with E-state index in [4.69, 9.17) is 16.3 Å². The Kier molecular flexibility index (Phi) is 4.15. The van der Waals surface area contributed by atoms with Crippen molar-refractivity contribution in [3.63, 3.8) is 0 Å².